The van der Waals surface area contributed by atoms with Crippen LogP contribution in [0.5, 0.6) is 0 Å². The second-order valence-electron chi connectivity index (χ2n) is 5.15. The third-order valence-corrected chi connectivity index (χ3v) is 5.62. The summed E-state index contributed by atoms with van der Waals surface area (Å²) in [6, 6.07) is 3.32. The Morgan fingerprint density at radius 3 is 2.43 bits per heavy atom. The molecule has 0 aromatic heterocycles. The third-order valence-electron chi connectivity index (χ3n) is 3.72. The molecular weight excluding hydrogens is 337 g/mol. The van der Waals surface area contributed by atoms with Crippen molar-refractivity contribution < 1.29 is 31.6 Å². The lowest BCUT2D eigenvalue weighted by molar-refractivity contribution is -0.352. The van der Waals surface area contributed by atoms with Gasteiger partial charge in [0.05, 0.1) is 23.6 Å². The first-order chi connectivity index (χ1) is 10.7. The van der Waals surface area contributed by atoms with E-state index in [0.29, 0.717) is 24.1 Å². The van der Waals surface area contributed by atoms with Gasteiger partial charge in [-0.2, -0.15) is 17.5 Å². The Kier molecular flexibility index (Phi) is 5.31. The zero-order valence-corrected chi connectivity index (χ0v) is 13.1. The topological polar surface area (TPSA) is 70.1 Å². The van der Waals surface area contributed by atoms with E-state index >= 15 is 0 Å². The summed E-state index contributed by atoms with van der Waals surface area (Å²) in [7, 11) is -2.72. The zero-order valence-electron chi connectivity index (χ0n) is 12.3. The number of hydrogen-bond donors (Lipinski definition) is 1. The van der Waals surface area contributed by atoms with Crippen molar-refractivity contribution in [3.63, 3.8) is 0 Å². The van der Waals surface area contributed by atoms with Crippen molar-refractivity contribution >= 4 is 10.0 Å². The molecule has 1 N–H and O–H groups in total. The van der Waals surface area contributed by atoms with Crippen molar-refractivity contribution in [3.8, 4) is 0 Å². The summed E-state index contributed by atoms with van der Waals surface area (Å²) in [6.07, 6.45) is -3.99. The minimum Gasteiger partial charge on any atom is -0.289 e. The maximum Gasteiger partial charge on any atom is 0.416 e. The number of nitrogens with zero attached hydrogens (tertiary/aromatic N) is 2. The van der Waals surface area contributed by atoms with Crippen LogP contribution >= 0.6 is 0 Å². The largest absolute Gasteiger partial charge is 0.416 e. The number of hydroxylamine groups is 2. The van der Waals surface area contributed by atoms with Gasteiger partial charge in [0.2, 0.25) is 10.0 Å². The van der Waals surface area contributed by atoms with Crippen LogP contribution in [0.1, 0.15) is 18.4 Å². The molecule has 1 fully saturated rings. The minimum atomic E-state index is -4.60. The number of hydrogen-bond acceptors (Lipinski definition) is 5. The Bertz CT molecular complexity index is 643. The number of benzene rings is 1. The van der Waals surface area contributed by atoms with Crippen LogP contribution in [0, 0.1) is 0 Å². The third kappa shape index (κ3) is 4.01. The molecule has 1 aliphatic rings. The van der Waals surface area contributed by atoms with E-state index in [9.17, 15) is 26.8 Å². The highest BCUT2D eigenvalue weighted by Gasteiger charge is 2.35. The SMILES string of the molecule is CON(O)C1CCN(S(=O)(=O)c2cccc(C(F)(F)F)c2)CC1. The first-order valence-electron chi connectivity index (χ1n) is 6.86. The van der Waals surface area contributed by atoms with E-state index in [1.807, 2.05) is 0 Å². The molecule has 1 heterocycles. The van der Waals surface area contributed by atoms with Gasteiger partial charge in [-0.15, -0.1) is 0 Å². The molecule has 6 nitrogen and oxygen atoms in total. The van der Waals surface area contributed by atoms with Gasteiger partial charge < -0.3 is 0 Å². The highest BCUT2D eigenvalue weighted by molar-refractivity contribution is 7.89. The fourth-order valence-corrected chi connectivity index (χ4v) is 3.95. The monoisotopic (exact) mass is 354 g/mol. The minimum absolute atomic E-state index is 0.0870. The molecule has 23 heavy (non-hydrogen) atoms. The Balaban J connectivity index is 2.17. The maximum absolute atomic E-state index is 12.7. The second kappa shape index (κ2) is 6.73. The average Bonchev–Trinajstić information content (AvgIpc) is 2.53. The van der Waals surface area contributed by atoms with Gasteiger partial charge in [-0.05, 0) is 31.0 Å². The maximum atomic E-state index is 12.7. The van der Waals surface area contributed by atoms with E-state index < -0.39 is 26.7 Å². The number of alkyl halides is 3. The summed E-state index contributed by atoms with van der Waals surface area (Å²) in [4.78, 5) is 4.25. The fraction of sp³-hybridized carbons (Fsp3) is 0.538. The first kappa shape index (κ1) is 18.1. The standard InChI is InChI=1S/C13H17F3N2O4S/c1-22-18(19)11-5-7-17(8-6-11)23(20,21)12-4-2-3-10(9-12)13(14,15)16/h2-4,9,11,19H,5-8H2,1H3. The molecule has 0 unspecified atom stereocenters. The van der Waals surface area contributed by atoms with Crippen LogP contribution < -0.4 is 0 Å². The molecule has 0 atom stereocenters. The molecular formula is C13H17F3N2O4S. The van der Waals surface area contributed by atoms with Crippen LogP contribution in [0.15, 0.2) is 29.2 Å². The highest BCUT2D eigenvalue weighted by Crippen LogP contribution is 2.31. The molecule has 0 saturated carbocycles. The van der Waals surface area contributed by atoms with Crippen LogP contribution in [0.2, 0.25) is 0 Å². The van der Waals surface area contributed by atoms with Gasteiger partial charge in [0.1, 0.15) is 0 Å². The highest BCUT2D eigenvalue weighted by atomic mass is 32.2. The van der Waals surface area contributed by atoms with Gasteiger partial charge >= 0.3 is 6.18 Å². The van der Waals surface area contributed by atoms with Gasteiger partial charge in [-0.1, -0.05) is 11.3 Å². The van der Waals surface area contributed by atoms with Crippen LogP contribution in [0.25, 0.3) is 0 Å². The summed E-state index contributed by atoms with van der Waals surface area (Å²) in [5.74, 6) is 0. The second-order valence-corrected chi connectivity index (χ2v) is 7.08. The van der Waals surface area contributed by atoms with Crippen molar-refractivity contribution in [1.29, 1.82) is 0 Å². The van der Waals surface area contributed by atoms with Crippen molar-refractivity contribution in [2.75, 3.05) is 20.2 Å². The average molecular weight is 354 g/mol. The van der Waals surface area contributed by atoms with Crippen LogP contribution in [0.3, 0.4) is 0 Å². The van der Waals surface area contributed by atoms with E-state index in [0.717, 1.165) is 22.5 Å². The quantitative estimate of drug-likeness (QED) is 0.839. The molecule has 1 saturated heterocycles. The molecule has 1 aliphatic heterocycles. The predicted molar refractivity (Wildman–Crippen MR) is 73.9 cm³/mol. The van der Waals surface area contributed by atoms with E-state index in [-0.39, 0.29) is 19.1 Å². The Labute approximate surface area is 132 Å². The molecule has 2 rings (SSSR count). The molecule has 1 aromatic rings. The lowest BCUT2D eigenvalue weighted by atomic mass is 10.1. The fourth-order valence-electron chi connectivity index (χ4n) is 2.43. The number of sulfonamides is 1. The van der Waals surface area contributed by atoms with E-state index in [2.05, 4.69) is 4.84 Å². The predicted octanol–water partition coefficient (Wildman–Crippen LogP) is 2.11. The van der Waals surface area contributed by atoms with Crippen molar-refractivity contribution in [1.82, 2.24) is 9.53 Å². The Hall–Kier alpha value is -1.20. The first-order valence-corrected chi connectivity index (χ1v) is 8.30. The molecule has 130 valence electrons. The molecule has 10 heteroatoms. The smallest absolute Gasteiger partial charge is 0.289 e. The summed E-state index contributed by atoms with van der Waals surface area (Å²) < 4.78 is 64.2. The Morgan fingerprint density at radius 1 is 1.30 bits per heavy atom. The van der Waals surface area contributed by atoms with Crippen molar-refractivity contribution in [2.24, 2.45) is 0 Å². The number of rotatable bonds is 4. The van der Waals surface area contributed by atoms with E-state index in [1.54, 1.807) is 0 Å². The van der Waals surface area contributed by atoms with E-state index in [1.165, 1.54) is 7.11 Å². The molecule has 0 spiro atoms. The molecule has 0 bridgehead atoms. The summed E-state index contributed by atoms with van der Waals surface area (Å²) in [6.45, 7) is 0.174. The summed E-state index contributed by atoms with van der Waals surface area (Å²) in [5.41, 5.74) is -1.01. The lowest BCUT2D eigenvalue weighted by Gasteiger charge is -2.33. The van der Waals surface area contributed by atoms with Gasteiger partial charge in [-0.3, -0.25) is 10.0 Å². The van der Waals surface area contributed by atoms with Gasteiger partial charge in [-0.25, -0.2) is 8.42 Å². The summed E-state index contributed by atoms with van der Waals surface area (Å²) >= 11 is 0. The molecule has 0 aliphatic carbocycles. The number of halogens is 3. The van der Waals surface area contributed by atoms with Crippen LogP contribution in [-0.4, -0.2) is 49.4 Å². The van der Waals surface area contributed by atoms with E-state index in [4.69, 9.17) is 0 Å². The number of piperidine rings is 1. The van der Waals surface area contributed by atoms with Gasteiger partial charge in [0.15, 0.2) is 0 Å². The molecule has 0 amide bonds. The molecule has 0 radical (unpaired) electrons. The summed E-state index contributed by atoms with van der Waals surface area (Å²) in [5, 5.41) is 10.1. The van der Waals surface area contributed by atoms with Gasteiger partial charge in [0.25, 0.3) is 0 Å². The lowest BCUT2D eigenvalue weighted by Crippen LogP contribution is -2.45. The zero-order chi connectivity index (χ0) is 17.3. The Morgan fingerprint density at radius 2 is 1.91 bits per heavy atom. The normalized spacial score (nSPS) is 18.5. The van der Waals surface area contributed by atoms with Crippen molar-refractivity contribution in [3.05, 3.63) is 29.8 Å². The molecule has 1 aromatic carbocycles. The van der Waals surface area contributed by atoms with Gasteiger partial charge in [0, 0.05) is 13.1 Å². The van der Waals surface area contributed by atoms with Crippen LogP contribution in [-0.2, 0) is 21.0 Å². The van der Waals surface area contributed by atoms with Crippen LogP contribution in [0.4, 0.5) is 13.2 Å². The van der Waals surface area contributed by atoms with Crippen molar-refractivity contribution in [2.45, 2.75) is 30.0 Å².